The standard InChI is InChI=1S/C20H25N3O4S/c1-20(2,3)27-19(25)22-12-15-11-16(23(28)18(21)24)9-10-17(15)26-13-14-7-5-4-6-8-14/h4-11,28H,12-13H2,1-3H3,(H2,21,24)(H,22,25). The molecule has 3 N–H and O–H groups in total. The lowest BCUT2D eigenvalue weighted by molar-refractivity contribution is 0.0523. The molecule has 0 aromatic heterocycles. The Morgan fingerprint density at radius 1 is 1.14 bits per heavy atom. The number of primary amides is 1. The number of amides is 3. The minimum atomic E-state index is -0.715. The Hall–Kier alpha value is -2.87. The van der Waals surface area contributed by atoms with Gasteiger partial charge in [0.25, 0.3) is 0 Å². The van der Waals surface area contributed by atoms with E-state index in [0.717, 1.165) is 9.87 Å². The number of nitrogens with one attached hydrogen (secondary N) is 1. The molecule has 0 spiro atoms. The van der Waals surface area contributed by atoms with E-state index in [1.165, 1.54) is 0 Å². The van der Waals surface area contributed by atoms with Crippen LogP contribution in [-0.4, -0.2) is 17.7 Å². The zero-order valence-corrected chi connectivity index (χ0v) is 17.0. The highest BCUT2D eigenvalue weighted by atomic mass is 32.1. The fourth-order valence-electron chi connectivity index (χ4n) is 2.32. The van der Waals surface area contributed by atoms with E-state index in [0.29, 0.717) is 23.6 Å². The van der Waals surface area contributed by atoms with E-state index in [-0.39, 0.29) is 6.54 Å². The highest BCUT2D eigenvalue weighted by Crippen LogP contribution is 2.27. The van der Waals surface area contributed by atoms with Gasteiger partial charge in [-0.3, -0.25) is 0 Å². The maximum atomic E-state index is 12.0. The van der Waals surface area contributed by atoms with Gasteiger partial charge in [0.15, 0.2) is 0 Å². The zero-order chi connectivity index (χ0) is 20.7. The molecule has 7 nitrogen and oxygen atoms in total. The van der Waals surface area contributed by atoms with E-state index in [1.54, 1.807) is 39.0 Å². The van der Waals surface area contributed by atoms with Crippen LogP contribution in [0.15, 0.2) is 48.5 Å². The number of carbonyl (C=O) groups is 2. The molecule has 0 saturated heterocycles. The Morgan fingerprint density at radius 2 is 1.82 bits per heavy atom. The number of hydrogen-bond donors (Lipinski definition) is 3. The summed E-state index contributed by atoms with van der Waals surface area (Å²) in [7, 11) is 0. The van der Waals surface area contributed by atoms with Crippen LogP contribution in [0.4, 0.5) is 15.3 Å². The predicted octanol–water partition coefficient (Wildman–Crippen LogP) is 4.02. The van der Waals surface area contributed by atoms with Crippen LogP contribution in [0.1, 0.15) is 31.9 Å². The molecule has 0 atom stereocenters. The van der Waals surface area contributed by atoms with E-state index < -0.39 is 17.7 Å². The molecule has 0 fully saturated rings. The number of alkyl carbamates (subject to hydrolysis) is 1. The molecule has 0 aliphatic rings. The Kier molecular flexibility index (Phi) is 7.17. The number of ether oxygens (including phenoxy) is 2. The minimum Gasteiger partial charge on any atom is -0.489 e. The second-order valence-electron chi connectivity index (χ2n) is 7.07. The molecule has 8 heteroatoms. The molecular weight excluding hydrogens is 378 g/mol. The molecule has 28 heavy (non-hydrogen) atoms. The monoisotopic (exact) mass is 403 g/mol. The third kappa shape index (κ3) is 6.70. The van der Waals surface area contributed by atoms with Crippen LogP contribution in [0, 0.1) is 0 Å². The molecule has 0 bridgehead atoms. The van der Waals surface area contributed by atoms with Crippen LogP contribution in [0.3, 0.4) is 0 Å². The van der Waals surface area contributed by atoms with Crippen LogP contribution < -0.4 is 20.1 Å². The average Bonchev–Trinajstić information content (AvgIpc) is 2.63. The molecule has 0 saturated carbocycles. The second kappa shape index (κ2) is 9.36. The SMILES string of the molecule is CC(C)(C)OC(=O)NCc1cc(N(S)C(N)=O)ccc1OCc1ccccc1. The molecule has 2 aromatic rings. The van der Waals surface area contributed by atoms with Crippen molar-refractivity contribution in [1.29, 1.82) is 0 Å². The van der Waals surface area contributed by atoms with Gasteiger partial charge in [-0.2, -0.15) is 0 Å². The third-order valence-corrected chi connectivity index (χ3v) is 3.98. The number of urea groups is 1. The van der Waals surface area contributed by atoms with Crippen molar-refractivity contribution in [1.82, 2.24) is 5.32 Å². The van der Waals surface area contributed by atoms with Crippen molar-refractivity contribution in [2.24, 2.45) is 5.73 Å². The normalized spacial score (nSPS) is 10.9. The van der Waals surface area contributed by atoms with Gasteiger partial charge < -0.3 is 20.5 Å². The first-order valence-corrected chi connectivity index (χ1v) is 9.10. The summed E-state index contributed by atoms with van der Waals surface area (Å²) in [6.45, 7) is 5.86. The number of benzene rings is 2. The Balaban J connectivity index is 2.17. The van der Waals surface area contributed by atoms with Crippen molar-refractivity contribution in [3.63, 3.8) is 0 Å². The van der Waals surface area contributed by atoms with Crippen LogP contribution >= 0.6 is 12.8 Å². The lowest BCUT2D eigenvalue weighted by Crippen LogP contribution is -2.32. The van der Waals surface area contributed by atoms with Gasteiger partial charge in [0.05, 0.1) is 5.69 Å². The topological polar surface area (TPSA) is 93.9 Å². The number of thiol groups is 1. The molecular formula is C20H25N3O4S. The first-order valence-electron chi connectivity index (χ1n) is 8.70. The number of nitrogens with two attached hydrogens (primary N) is 1. The maximum absolute atomic E-state index is 12.0. The molecule has 150 valence electrons. The fourth-order valence-corrected chi connectivity index (χ4v) is 2.45. The number of rotatable bonds is 6. The van der Waals surface area contributed by atoms with E-state index in [9.17, 15) is 9.59 Å². The minimum absolute atomic E-state index is 0.146. The van der Waals surface area contributed by atoms with Gasteiger partial charge in [-0.15, -0.1) is 0 Å². The Morgan fingerprint density at radius 3 is 2.43 bits per heavy atom. The Bertz CT molecular complexity index is 822. The zero-order valence-electron chi connectivity index (χ0n) is 16.1. The summed E-state index contributed by atoms with van der Waals surface area (Å²) in [5.41, 5.74) is 6.79. The predicted molar refractivity (Wildman–Crippen MR) is 111 cm³/mol. The van der Waals surface area contributed by atoms with Gasteiger partial charge in [-0.1, -0.05) is 43.1 Å². The smallest absolute Gasteiger partial charge is 0.407 e. The lowest BCUT2D eigenvalue weighted by Gasteiger charge is -2.21. The van der Waals surface area contributed by atoms with Gasteiger partial charge >= 0.3 is 12.1 Å². The number of carbonyl (C=O) groups excluding carboxylic acids is 2. The van der Waals surface area contributed by atoms with E-state index in [2.05, 4.69) is 18.1 Å². The van der Waals surface area contributed by atoms with Crippen LogP contribution in [-0.2, 0) is 17.9 Å². The highest BCUT2D eigenvalue weighted by molar-refractivity contribution is 7.82. The van der Waals surface area contributed by atoms with Crippen LogP contribution in [0.25, 0.3) is 0 Å². The summed E-state index contributed by atoms with van der Waals surface area (Å²) in [4.78, 5) is 23.4. The number of nitrogens with zero attached hydrogens (tertiary/aromatic N) is 1. The molecule has 0 heterocycles. The quantitative estimate of drug-likeness (QED) is 0.635. The van der Waals surface area contributed by atoms with Gasteiger partial charge in [-0.05, 0) is 44.5 Å². The lowest BCUT2D eigenvalue weighted by atomic mass is 10.1. The van der Waals surface area contributed by atoms with Crippen molar-refractivity contribution in [2.75, 3.05) is 4.31 Å². The summed E-state index contributed by atoms with van der Waals surface area (Å²) >= 11 is 4.08. The van der Waals surface area contributed by atoms with Crippen molar-refractivity contribution in [2.45, 2.75) is 39.5 Å². The van der Waals surface area contributed by atoms with E-state index in [4.69, 9.17) is 15.2 Å². The van der Waals surface area contributed by atoms with E-state index in [1.807, 2.05) is 30.3 Å². The second-order valence-corrected chi connectivity index (χ2v) is 7.47. The summed E-state index contributed by atoms with van der Waals surface area (Å²) < 4.78 is 12.2. The molecule has 0 aliphatic heterocycles. The van der Waals surface area contributed by atoms with Crippen molar-refractivity contribution < 1.29 is 19.1 Å². The average molecular weight is 404 g/mol. The molecule has 2 rings (SSSR count). The summed E-state index contributed by atoms with van der Waals surface area (Å²) in [6, 6.07) is 14.0. The molecule has 0 unspecified atom stereocenters. The Labute approximate surface area is 170 Å². The first-order chi connectivity index (χ1) is 13.2. The van der Waals surface area contributed by atoms with Crippen molar-refractivity contribution in [3.8, 4) is 5.75 Å². The maximum Gasteiger partial charge on any atom is 0.407 e. The number of hydrogen-bond acceptors (Lipinski definition) is 5. The molecule has 3 amide bonds. The van der Waals surface area contributed by atoms with Crippen LogP contribution in [0.5, 0.6) is 5.75 Å². The van der Waals surface area contributed by atoms with Gasteiger partial charge in [0.2, 0.25) is 0 Å². The molecule has 2 aromatic carbocycles. The largest absolute Gasteiger partial charge is 0.489 e. The van der Waals surface area contributed by atoms with Gasteiger partial charge in [-0.25, -0.2) is 13.9 Å². The molecule has 0 radical (unpaired) electrons. The summed E-state index contributed by atoms with van der Waals surface area (Å²) in [5, 5.41) is 2.69. The molecule has 0 aliphatic carbocycles. The van der Waals surface area contributed by atoms with E-state index >= 15 is 0 Å². The summed E-state index contributed by atoms with van der Waals surface area (Å²) in [6.07, 6.45) is -0.551. The van der Waals surface area contributed by atoms with Gasteiger partial charge in [0.1, 0.15) is 18.0 Å². The fraction of sp³-hybridized carbons (Fsp3) is 0.300. The third-order valence-electron chi connectivity index (χ3n) is 3.56. The van der Waals surface area contributed by atoms with Crippen molar-refractivity contribution in [3.05, 3.63) is 59.7 Å². The van der Waals surface area contributed by atoms with Gasteiger partial charge in [0, 0.05) is 12.1 Å². The van der Waals surface area contributed by atoms with Crippen molar-refractivity contribution >= 4 is 30.6 Å². The highest BCUT2D eigenvalue weighted by Gasteiger charge is 2.17. The summed E-state index contributed by atoms with van der Waals surface area (Å²) in [5.74, 6) is 0.565. The van der Waals surface area contributed by atoms with Crippen LogP contribution in [0.2, 0.25) is 0 Å². The first kappa shape index (κ1) is 21.4. The number of anilines is 1.